The normalized spacial score (nSPS) is 18.6. The molecule has 112 valence electrons. The van der Waals surface area contributed by atoms with Gasteiger partial charge in [0, 0.05) is 0 Å². The van der Waals surface area contributed by atoms with Crippen molar-refractivity contribution in [2.45, 2.75) is 32.4 Å². The lowest BCUT2D eigenvalue weighted by molar-refractivity contribution is -0.157. The van der Waals surface area contributed by atoms with Gasteiger partial charge in [-0.2, -0.15) is 0 Å². The standard InChI is InChI=1S/C15H18N2O4/c1-15(2,3)21-11(18)9-17-13(19)12(16-14(17)20)10-7-5-4-6-8-10/h4-8,12H,9H2,1-3H3,(H,16,20). The van der Waals surface area contributed by atoms with Crippen molar-refractivity contribution in [3.8, 4) is 0 Å². The van der Waals surface area contributed by atoms with Gasteiger partial charge in [0.1, 0.15) is 18.2 Å². The molecule has 6 nitrogen and oxygen atoms in total. The van der Waals surface area contributed by atoms with Crippen molar-refractivity contribution in [2.75, 3.05) is 6.54 Å². The van der Waals surface area contributed by atoms with E-state index in [0.717, 1.165) is 4.90 Å². The Hall–Kier alpha value is -2.37. The molecule has 1 aliphatic rings. The molecule has 1 saturated heterocycles. The van der Waals surface area contributed by atoms with Crippen LogP contribution in [0.4, 0.5) is 4.79 Å². The number of imide groups is 1. The Kier molecular flexibility index (Phi) is 3.97. The molecule has 1 aromatic rings. The minimum Gasteiger partial charge on any atom is -0.459 e. The van der Waals surface area contributed by atoms with Crippen LogP contribution in [0.3, 0.4) is 0 Å². The molecule has 3 amide bonds. The molecule has 21 heavy (non-hydrogen) atoms. The molecule has 1 N–H and O–H groups in total. The molecule has 1 atom stereocenters. The Morgan fingerprint density at radius 3 is 2.43 bits per heavy atom. The van der Waals surface area contributed by atoms with E-state index >= 15 is 0 Å². The van der Waals surface area contributed by atoms with E-state index in [9.17, 15) is 14.4 Å². The molecule has 1 heterocycles. The highest BCUT2D eigenvalue weighted by molar-refractivity contribution is 6.06. The predicted molar refractivity (Wildman–Crippen MR) is 75.3 cm³/mol. The Morgan fingerprint density at radius 1 is 1.24 bits per heavy atom. The number of hydrogen-bond acceptors (Lipinski definition) is 4. The second-order valence-electron chi connectivity index (χ2n) is 5.80. The van der Waals surface area contributed by atoms with Crippen molar-refractivity contribution in [2.24, 2.45) is 0 Å². The number of nitrogens with one attached hydrogen (secondary N) is 1. The maximum atomic E-state index is 12.3. The smallest absolute Gasteiger partial charge is 0.326 e. The molecule has 1 unspecified atom stereocenters. The summed E-state index contributed by atoms with van der Waals surface area (Å²) < 4.78 is 5.12. The molecular formula is C15H18N2O4. The molecule has 0 aliphatic carbocycles. The van der Waals surface area contributed by atoms with E-state index in [1.807, 2.05) is 6.07 Å². The molecule has 0 aromatic heterocycles. The second kappa shape index (κ2) is 5.55. The number of amides is 3. The van der Waals surface area contributed by atoms with Crippen LogP contribution in [0.1, 0.15) is 32.4 Å². The Morgan fingerprint density at radius 2 is 1.86 bits per heavy atom. The molecule has 0 radical (unpaired) electrons. The average Bonchev–Trinajstić information content (AvgIpc) is 2.66. The van der Waals surface area contributed by atoms with E-state index in [1.54, 1.807) is 45.0 Å². The van der Waals surface area contributed by atoms with Crippen LogP contribution in [0.2, 0.25) is 0 Å². The van der Waals surface area contributed by atoms with E-state index in [1.165, 1.54) is 0 Å². The summed E-state index contributed by atoms with van der Waals surface area (Å²) in [4.78, 5) is 36.7. The van der Waals surface area contributed by atoms with Crippen molar-refractivity contribution in [1.82, 2.24) is 10.2 Å². The number of esters is 1. The molecule has 1 aromatic carbocycles. The van der Waals surface area contributed by atoms with Crippen molar-refractivity contribution < 1.29 is 19.1 Å². The lowest BCUT2D eigenvalue weighted by atomic mass is 10.1. The number of carbonyl (C=O) groups is 3. The van der Waals surface area contributed by atoms with Gasteiger partial charge in [-0.05, 0) is 26.3 Å². The highest BCUT2D eigenvalue weighted by Crippen LogP contribution is 2.21. The lowest BCUT2D eigenvalue weighted by Gasteiger charge is -2.21. The summed E-state index contributed by atoms with van der Waals surface area (Å²) in [5.41, 5.74) is 0.0253. The Balaban J connectivity index is 2.07. The maximum Gasteiger partial charge on any atom is 0.326 e. The van der Waals surface area contributed by atoms with Gasteiger partial charge < -0.3 is 10.1 Å². The number of rotatable bonds is 3. The van der Waals surface area contributed by atoms with Crippen LogP contribution in [-0.2, 0) is 14.3 Å². The Labute approximate surface area is 123 Å². The fourth-order valence-corrected chi connectivity index (χ4v) is 2.04. The second-order valence-corrected chi connectivity index (χ2v) is 5.80. The molecule has 1 fully saturated rings. The van der Waals surface area contributed by atoms with Gasteiger partial charge in [-0.15, -0.1) is 0 Å². The molecule has 6 heteroatoms. The van der Waals surface area contributed by atoms with Gasteiger partial charge in [-0.3, -0.25) is 14.5 Å². The van der Waals surface area contributed by atoms with E-state index in [-0.39, 0.29) is 6.54 Å². The third-order valence-electron chi connectivity index (χ3n) is 2.87. The van der Waals surface area contributed by atoms with Crippen molar-refractivity contribution in [1.29, 1.82) is 0 Å². The highest BCUT2D eigenvalue weighted by Gasteiger charge is 2.40. The van der Waals surface area contributed by atoms with Gasteiger partial charge in [0.15, 0.2) is 0 Å². The first kappa shape index (κ1) is 15.0. The van der Waals surface area contributed by atoms with Crippen LogP contribution in [-0.4, -0.2) is 35.0 Å². The zero-order valence-electron chi connectivity index (χ0n) is 12.3. The van der Waals surface area contributed by atoms with Crippen molar-refractivity contribution in [3.05, 3.63) is 35.9 Å². The number of carbonyl (C=O) groups excluding carboxylic acids is 3. The fourth-order valence-electron chi connectivity index (χ4n) is 2.04. The van der Waals surface area contributed by atoms with E-state index in [2.05, 4.69) is 5.32 Å². The maximum absolute atomic E-state index is 12.3. The number of hydrogen-bond donors (Lipinski definition) is 1. The SMILES string of the molecule is CC(C)(C)OC(=O)CN1C(=O)NC(c2ccccc2)C1=O. The third kappa shape index (κ3) is 3.59. The van der Waals surface area contributed by atoms with Gasteiger partial charge in [0.05, 0.1) is 0 Å². The minimum atomic E-state index is -0.749. The predicted octanol–water partition coefficient (Wildman–Crippen LogP) is 1.62. The summed E-state index contributed by atoms with van der Waals surface area (Å²) in [7, 11) is 0. The number of ether oxygens (including phenoxy) is 1. The van der Waals surface area contributed by atoms with Gasteiger partial charge in [-0.1, -0.05) is 30.3 Å². The molecular weight excluding hydrogens is 272 g/mol. The summed E-state index contributed by atoms with van der Waals surface area (Å²) in [6, 6.07) is 7.56. The summed E-state index contributed by atoms with van der Waals surface area (Å²) in [5.74, 6) is -1.06. The molecule has 2 rings (SSSR count). The van der Waals surface area contributed by atoms with E-state index in [0.29, 0.717) is 5.56 Å². The molecule has 0 saturated carbocycles. The largest absolute Gasteiger partial charge is 0.459 e. The van der Waals surface area contributed by atoms with Gasteiger partial charge in [0.2, 0.25) is 0 Å². The Bertz CT molecular complexity index is 563. The van der Waals surface area contributed by atoms with E-state index < -0.39 is 29.6 Å². The minimum absolute atomic E-state index is 0.384. The van der Waals surface area contributed by atoms with Gasteiger partial charge in [-0.25, -0.2) is 4.79 Å². The van der Waals surface area contributed by atoms with Crippen molar-refractivity contribution in [3.63, 3.8) is 0 Å². The first-order valence-corrected chi connectivity index (χ1v) is 6.66. The zero-order valence-corrected chi connectivity index (χ0v) is 12.3. The summed E-state index contributed by atoms with van der Waals surface area (Å²) in [6.07, 6.45) is 0. The van der Waals surface area contributed by atoms with Crippen LogP contribution < -0.4 is 5.32 Å². The molecule has 0 spiro atoms. The summed E-state index contributed by atoms with van der Waals surface area (Å²) >= 11 is 0. The molecule has 0 bridgehead atoms. The highest BCUT2D eigenvalue weighted by atomic mass is 16.6. The van der Waals surface area contributed by atoms with E-state index in [4.69, 9.17) is 4.74 Å². The number of benzene rings is 1. The van der Waals surface area contributed by atoms with Crippen LogP contribution in [0.25, 0.3) is 0 Å². The summed E-state index contributed by atoms with van der Waals surface area (Å²) in [5, 5.41) is 2.57. The first-order chi connectivity index (χ1) is 9.78. The zero-order chi connectivity index (χ0) is 15.6. The van der Waals surface area contributed by atoms with Crippen LogP contribution in [0.15, 0.2) is 30.3 Å². The van der Waals surface area contributed by atoms with Crippen LogP contribution >= 0.6 is 0 Å². The topological polar surface area (TPSA) is 75.7 Å². The van der Waals surface area contributed by atoms with Crippen LogP contribution in [0.5, 0.6) is 0 Å². The molecule has 1 aliphatic heterocycles. The van der Waals surface area contributed by atoms with Gasteiger partial charge in [0.25, 0.3) is 5.91 Å². The number of nitrogens with zero attached hydrogens (tertiary/aromatic N) is 1. The quantitative estimate of drug-likeness (QED) is 0.678. The summed E-state index contributed by atoms with van der Waals surface area (Å²) in [6.45, 7) is 4.79. The fraction of sp³-hybridized carbons (Fsp3) is 0.400. The number of urea groups is 1. The monoisotopic (exact) mass is 290 g/mol. The lowest BCUT2D eigenvalue weighted by Crippen LogP contribution is -2.38. The van der Waals surface area contributed by atoms with Crippen LogP contribution in [0, 0.1) is 0 Å². The van der Waals surface area contributed by atoms with Crippen molar-refractivity contribution >= 4 is 17.9 Å². The van der Waals surface area contributed by atoms with Gasteiger partial charge >= 0.3 is 12.0 Å². The average molecular weight is 290 g/mol. The first-order valence-electron chi connectivity index (χ1n) is 6.66. The third-order valence-corrected chi connectivity index (χ3v) is 2.87.